The van der Waals surface area contributed by atoms with Gasteiger partial charge in [0.1, 0.15) is 11.9 Å². The molecule has 2 aliphatic carbocycles. The number of hydrogen-bond acceptors (Lipinski definition) is 3. The Balaban J connectivity index is 1.54. The van der Waals surface area contributed by atoms with E-state index in [2.05, 4.69) is 53.3 Å². The highest BCUT2D eigenvalue weighted by Gasteiger charge is 2.42. The van der Waals surface area contributed by atoms with E-state index in [4.69, 9.17) is 4.74 Å². The molecule has 0 amide bonds. The fourth-order valence-electron chi connectivity index (χ4n) is 4.90. The third-order valence-electron chi connectivity index (χ3n) is 6.49. The number of Topliss-reactive ketones (excluding diaryl/α,β-unsaturated/α-hetero) is 1. The van der Waals surface area contributed by atoms with Gasteiger partial charge in [-0.1, -0.05) is 35.8 Å². The zero-order valence-electron chi connectivity index (χ0n) is 16.3. The molecule has 144 valence electrons. The van der Waals surface area contributed by atoms with E-state index in [1.807, 2.05) is 18.2 Å². The lowest BCUT2D eigenvalue weighted by molar-refractivity contribution is 0.105. The molecule has 1 N–H and O–H groups in total. The lowest BCUT2D eigenvalue weighted by Crippen LogP contribution is -2.34. The van der Waals surface area contributed by atoms with Crippen LogP contribution in [0.4, 0.5) is 0 Å². The minimum Gasteiger partial charge on any atom is -0.490 e. The average Bonchev–Trinajstić information content (AvgIpc) is 3.07. The molecule has 0 radical (unpaired) electrons. The van der Waals surface area contributed by atoms with Crippen LogP contribution in [0.3, 0.4) is 0 Å². The molecule has 3 aliphatic rings. The van der Waals surface area contributed by atoms with Crippen LogP contribution in [0.1, 0.15) is 53.7 Å². The first-order valence-electron chi connectivity index (χ1n) is 10.0. The van der Waals surface area contributed by atoms with Gasteiger partial charge in [-0.3, -0.25) is 4.79 Å². The summed E-state index contributed by atoms with van der Waals surface area (Å²) in [5.74, 6) is 1.03. The van der Waals surface area contributed by atoms with Gasteiger partial charge in [0.05, 0.1) is 0 Å². The Kier molecular flexibility index (Phi) is 4.25. The van der Waals surface area contributed by atoms with Crippen molar-refractivity contribution in [1.29, 1.82) is 0 Å². The number of piperidine rings is 1. The van der Waals surface area contributed by atoms with Crippen LogP contribution in [-0.4, -0.2) is 25.0 Å². The number of hydrogen-bond donors (Lipinski definition) is 1. The molecule has 28 heavy (non-hydrogen) atoms. The Hall–Kier alpha value is -1.91. The SMILES string of the molecule is CC1(C)C2=C(C(=O)c3ccc(OC4CCNCC4)cc31)c1ccc(Br)cc1C2. The first-order chi connectivity index (χ1) is 13.4. The smallest absolute Gasteiger partial charge is 0.193 e. The Morgan fingerprint density at radius 2 is 1.82 bits per heavy atom. The van der Waals surface area contributed by atoms with Crippen molar-refractivity contribution in [3.05, 3.63) is 68.7 Å². The number of carbonyl (C=O) groups excluding carboxylic acids is 1. The molecule has 1 saturated heterocycles. The van der Waals surface area contributed by atoms with Gasteiger partial charge in [-0.15, -0.1) is 0 Å². The molecule has 0 bridgehead atoms. The Morgan fingerprint density at radius 3 is 2.61 bits per heavy atom. The number of nitrogens with one attached hydrogen (secondary N) is 1. The lowest BCUT2D eigenvalue weighted by atomic mass is 9.68. The monoisotopic (exact) mass is 437 g/mol. The van der Waals surface area contributed by atoms with Crippen molar-refractivity contribution in [2.24, 2.45) is 0 Å². The summed E-state index contributed by atoms with van der Waals surface area (Å²) in [6, 6.07) is 12.3. The Morgan fingerprint density at radius 1 is 1.07 bits per heavy atom. The highest BCUT2D eigenvalue weighted by atomic mass is 79.9. The molecule has 0 unspecified atom stereocenters. The minimum absolute atomic E-state index is 0.152. The second-order valence-electron chi connectivity index (χ2n) is 8.56. The van der Waals surface area contributed by atoms with Crippen LogP contribution in [-0.2, 0) is 11.8 Å². The maximum atomic E-state index is 13.4. The summed E-state index contributed by atoms with van der Waals surface area (Å²) < 4.78 is 7.33. The summed E-state index contributed by atoms with van der Waals surface area (Å²) in [5, 5.41) is 3.37. The van der Waals surface area contributed by atoms with Gasteiger partial charge < -0.3 is 10.1 Å². The number of allylic oxidation sites excluding steroid dienone is 2. The van der Waals surface area contributed by atoms with E-state index >= 15 is 0 Å². The predicted octanol–water partition coefficient (Wildman–Crippen LogP) is 5.06. The van der Waals surface area contributed by atoms with E-state index in [9.17, 15) is 4.79 Å². The molecular weight excluding hydrogens is 414 g/mol. The summed E-state index contributed by atoms with van der Waals surface area (Å²) in [4.78, 5) is 13.4. The van der Waals surface area contributed by atoms with Crippen LogP contribution in [0, 0.1) is 0 Å². The van der Waals surface area contributed by atoms with Crippen molar-refractivity contribution in [3.8, 4) is 5.75 Å². The summed E-state index contributed by atoms with van der Waals surface area (Å²) in [6.07, 6.45) is 3.14. The van der Waals surface area contributed by atoms with E-state index in [1.165, 1.54) is 11.1 Å². The van der Waals surface area contributed by atoms with E-state index in [0.29, 0.717) is 0 Å². The summed E-state index contributed by atoms with van der Waals surface area (Å²) in [6.45, 7) is 6.49. The maximum absolute atomic E-state index is 13.4. The van der Waals surface area contributed by atoms with Gasteiger partial charge in [-0.05, 0) is 84.9 Å². The molecule has 2 aromatic carbocycles. The van der Waals surface area contributed by atoms with Gasteiger partial charge in [0.2, 0.25) is 0 Å². The molecular formula is C24H24BrNO2. The Bertz CT molecular complexity index is 1020. The van der Waals surface area contributed by atoms with Crippen molar-refractivity contribution in [2.45, 2.75) is 44.6 Å². The molecule has 3 nitrogen and oxygen atoms in total. The van der Waals surface area contributed by atoms with E-state index in [0.717, 1.165) is 64.8 Å². The van der Waals surface area contributed by atoms with Gasteiger partial charge in [0, 0.05) is 21.0 Å². The van der Waals surface area contributed by atoms with Crippen molar-refractivity contribution in [3.63, 3.8) is 0 Å². The summed E-state index contributed by atoms with van der Waals surface area (Å²) >= 11 is 3.57. The number of halogens is 1. The van der Waals surface area contributed by atoms with E-state index in [-0.39, 0.29) is 17.3 Å². The first kappa shape index (κ1) is 18.1. The van der Waals surface area contributed by atoms with Gasteiger partial charge in [0.25, 0.3) is 0 Å². The molecule has 2 aromatic rings. The van der Waals surface area contributed by atoms with Gasteiger partial charge in [-0.2, -0.15) is 0 Å². The van der Waals surface area contributed by atoms with Crippen molar-refractivity contribution in [2.75, 3.05) is 13.1 Å². The second-order valence-corrected chi connectivity index (χ2v) is 9.48. The highest BCUT2D eigenvalue weighted by molar-refractivity contribution is 9.10. The minimum atomic E-state index is -0.197. The van der Waals surface area contributed by atoms with Gasteiger partial charge >= 0.3 is 0 Å². The maximum Gasteiger partial charge on any atom is 0.193 e. The van der Waals surface area contributed by atoms with Crippen LogP contribution in [0.5, 0.6) is 5.75 Å². The molecule has 1 heterocycles. The molecule has 5 rings (SSSR count). The molecule has 0 saturated carbocycles. The van der Waals surface area contributed by atoms with Crippen molar-refractivity contribution >= 4 is 27.3 Å². The third-order valence-corrected chi connectivity index (χ3v) is 6.98. The predicted molar refractivity (Wildman–Crippen MR) is 115 cm³/mol. The topological polar surface area (TPSA) is 38.3 Å². The molecule has 0 atom stereocenters. The standard InChI is InChI=1S/C24H24BrNO2/c1-24(2)20-13-17(28-16-7-9-26-10-8-16)4-6-19(20)23(27)22-18-5-3-15(25)11-14(18)12-21(22)24/h3-6,11,13,16,26H,7-10,12H2,1-2H3. The number of rotatable bonds is 2. The molecule has 0 aromatic heterocycles. The van der Waals surface area contributed by atoms with Crippen LogP contribution in [0.2, 0.25) is 0 Å². The average molecular weight is 438 g/mol. The fraction of sp³-hybridized carbons (Fsp3) is 0.375. The van der Waals surface area contributed by atoms with E-state index in [1.54, 1.807) is 0 Å². The number of benzene rings is 2. The normalized spacial score (nSPS) is 20.6. The van der Waals surface area contributed by atoms with Crippen LogP contribution in [0.25, 0.3) is 5.57 Å². The lowest BCUT2D eigenvalue weighted by Gasteiger charge is -2.35. The zero-order chi connectivity index (χ0) is 19.5. The third kappa shape index (κ3) is 2.77. The molecule has 4 heteroatoms. The van der Waals surface area contributed by atoms with Crippen LogP contribution in [0.15, 0.2) is 46.4 Å². The van der Waals surface area contributed by atoms with Gasteiger partial charge in [-0.25, -0.2) is 0 Å². The molecule has 1 fully saturated rings. The fourth-order valence-corrected chi connectivity index (χ4v) is 5.31. The van der Waals surface area contributed by atoms with Crippen LogP contribution < -0.4 is 10.1 Å². The number of fused-ring (bicyclic) bond motifs is 3. The van der Waals surface area contributed by atoms with Crippen molar-refractivity contribution in [1.82, 2.24) is 5.32 Å². The van der Waals surface area contributed by atoms with E-state index < -0.39 is 0 Å². The number of ether oxygens (including phenoxy) is 1. The quantitative estimate of drug-likeness (QED) is 0.712. The highest BCUT2D eigenvalue weighted by Crippen LogP contribution is 2.50. The second kappa shape index (κ2) is 6.57. The molecule has 1 aliphatic heterocycles. The number of carbonyl (C=O) groups is 1. The first-order valence-corrected chi connectivity index (χ1v) is 10.8. The van der Waals surface area contributed by atoms with Crippen LogP contribution >= 0.6 is 15.9 Å². The summed E-state index contributed by atoms with van der Waals surface area (Å²) in [5.41, 5.74) is 6.19. The zero-order valence-corrected chi connectivity index (χ0v) is 17.9. The number of ketones is 1. The summed E-state index contributed by atoms with van der Waals surface area (Å²) in [7, 11) is 0. The Labute approximate surface area is 174 Å². The largest absolute Gasteiger partial charge is 0.490 e. The molecule has 0 spiro atoms. The van der Waals surface area contributed by atoms with Crippen molar-refractivity contribution < 1.29 is 9.53 Å². The van der Waals surface area contributed by atoms with Gasteiger partial charge in [0.15, 0.2) is 5.78 Å².